The number of fused-ring (bicyclic) bond motifs is 1. The zero-order valence-corrected chi connectivity index (χ0v) is 15.5. The van der Waals surface area contributed by atoms with Crippen LogP contribution in [-0.2, 0) is 6.54 Å². The predicted octanol–water partition coefficient (Wildman–Crippen LogP) is 3.13. The molecule has 0 unspecified atom stereocenters. The average molecular weight is 381 g/mol. The molecule has 0 atom stereocenters. The van der Waals surface area contributed by atoms with Crippen molar-refractivity contribution in [3.63, 3.8) is 0 Å². The highest BCUT2D eigenvalue weighted by Crippen LogP contribution is 2.18. The highest BCUT2D eigenvalue weighted by atomic mass is 35.5. The molecule has 1 saturated heterocycles. The van der Waals surface area contributed by atoms with Gasteiger partial charge in [-0.05, 0) is 50.2 Å². The topological polar surface area (TPSA) is 43.1 Å². The Kier molecular flexibility index (Phi) is 6.64. The number of benzene rings is 1. The number of likely N-dealkylation sites (tertiary alicyclic amines) is 1. The molecule has 0 amide bonds. The maximum absolute atomic E-state index is 11.9. The minimum Gasteiger partial charge on any atom is -0.301 e. The van der Waals surface area contributed by atoms with Crippen molar-refractivity contribution in [3.8, 4) is 5.69 Å². The van der Waals surface area contributed by atoms with E-state index in [1.807, 2.05) is 24.4 Å². The summed E-state index contributed by atoms with van der Waals surface area (Å²) in [5, 5.41) is 5.59. The molecule has 7 heteroatoms. The standard InChI is InChI=1S/C18H20N4O.2ClH/c23-18-5-1-2-10-21(18)16-6-7-17-15(13-16)14-19-22(17)12-11-20-8-3-4-9-20;;/h1-2,5-7,10,13-14H,3-4,8-9,11-12H2;2*1H. The summed E-state index contributed by atoms with van der Waals surface area (Å²) in [6, 6.07) is 11.3. The molecular weight excluding hydrogens is 359 g/mol. The van der Waals surface area contributed by atoms with Crippen molar-refractivity contribution in [2.45, 2.75) is 19.4 Å². The van der Waals surface area contributed by atoms with E-state index in [2.05, 4.69) is 20.7 Å². The van der Waals surface area contributed by atoms with Gasteiger partial charge in [0.15, 0.2) is 0 Å². The summed E-state index contributed by atoms with van der Waals surface area (Å²) in [5.41, 5.74) is 1.98. The molecule has 0 radical (unpaired) electrons. The quantitative estimate of drug-likeness (QED) is 0.698. The van der Waals surface area contributed by atoms with Gasteiger partial charge in [0.05, 0.1) is 18.3 Å². The molecule has 1 fully saturated rings. The normalized spacial score (nSPS) is 14.2. The summed E-state index contributed by atoms with van der Waals surface area (Å²) in [7, 11) is 0. The summed E-state index contributed by atoms with van der Waals surface area (Å²) in [5.74, 6) is 0. The lowest BCUT2D eigenvalue weighted by molar-refractivity contribution is 0.318. The van der Waals surface area contributed by atoms with Crippen LogP contribution in [0, 0.1) is 0 Å². The Morgan fingerprint density at radius 2 is 1.80 bits per heavy atom. The van der Waals surface area contributed by atoms with E-state index in [0.717, 1.165) is 29.7 Å². The van der Waals surface area contributed by atoms with E-state index in [1.165, 1.54) is 25.9 Å². The first kappa shape index (κ1) is 19.5. The molecule has 4 rings (SSSR count). The van der Waals surface area contributed by atoms with Crippen molar-refractivity contribution in [1.29, 1.82) is 0 Å². The molecule has 0 N–H and O–H groups in total. The molecule has 1 aliphatic rings. The molecule has 1 aliphatic heterocycles. The van der Waals surface area contributed by atoms with Gasteiger partial charge < -0.3 is 4.90 Å². The van der Waals surface area contributed by atoms with Crippen LogP contribution < -0.4 is 5.56 Å². The maximum atomic E-state index is 11.9. The molecule has 0 saturated carbocycles. The van der Waals surface area contributed by atoms with E-state index >= 15 is 0 Å². The summed E-state index contributed by atoms with van der Waals surface area (Å²) in [6.07, 6.45) is 6.31. The van der Waals surface area contributed by atoms with Crippen LogP contribution in [0.25, 0.3) is 16.6 Å². The molecule has 1 aromatic carbocycles. The lowest BCUT2D eigenvalue weighted by Gasteiger charge is -2.14. The van der Waals surface area contributed by atoms with Crippen LogP contribution in [0.2, 0.25) is 0 Å². The van der Waals surface area contributed by atoms with Crippen LogP contribution >= 0.6 is 24.8 Å². The smallest absolute Gasteiger partial charge is 0.255 e. The first-order valence-electron chi connectivity index (χ1n) is 8.17. The molecule has 2 aromatic heterocycles. The number of aromatic nitrogens is 3. The van der Waals surface area contributed by atoms with E-state index < -0.39 is 0 Å². The Labute approximate surface area is 159 Å². The number of nitrogens with zero attached hydrogens (tertiary/aromatic N) is 4. The third-order valence-electron chi connectivity index (χ3n) is 4.55. The highest BCUT2D eigenvalue weighted by Gasteiger charge is 2.12. The molecule has 0 aliphatic carbocycles. The van der Waals surface area contributed by atoms with Crippen molar-refractivity contribution in [2.24, 2.45) is 0 Å². The van der Waals surface area contributed by atoms with Crippen LogP contribution in [0.4, 0.5) is 0 Å². The van der Waals surface area contributed by atoms with Gasteiger partial charge in [0.25, 0.3) is 5.56 Å². The van der Waals surface area contributed by atoms with Crippen molar-refractivity contribution in [3.05, 3.63) is 59.1 Å². The minimum absolute atomic E-state index is 0. The highest BCUT2D eigenvalue weighted by molar-refractivity contribution is 5.85. The molecule has 3 aromatic rings. The number of halogens is 2. The number of hydrogen-bond acceptors (Lipinski definition) is 3. The van der Waals surface area contributed by atoms with Crippen LogP contribution in [0.1, 0.15) is 12.8 Å². The van der Waals surface area contributed by atoms with Gasteiger partial charge in [0.2, 0.25) is 0 Å². The monoisotopic (exact) mass is 380 g/mol. The van der Waals surface area contributed by atoms with Gasteiger partial charge in [-0.25, -0.2) is 0 Å². The molecule has 3 heterocycles. The van der Waals surface area contributed by atoms with Gasteiger partial charge in [-0.3, -0.25) is 14.0 Å². The van der Waals surface area contributed by atoms with Crippen molar-refractivity contribution in [1.82, 2.24) is 19.2 Å². The molecule has 25 heavy (non-hydrogen) atoms. The van der Waals surface area contributed by atoms with E-state index in [9.17, 15) is 4.79 Å². The van der Waals surface area contributed by atoms with Crippen LogP contribution in [0.3, 0.4) is 0 Å². The molecule has 0 spiro atoms. The second-order valence-electron chi connectivity index (χ2n) is 6.07. The van der Waals surface area contributed by atoms with Crippen LogP contribution in [-0.4, -0.2) is 38.9 Å². The van der Waals surface area contributed by atoms with E-state index in [4.69, 9.17) is 0 Å². The van der Waals surface area contributed by atoms with Gasteiger partial charge >= 0.3 is 0 Å². The first-order valence-corrected chi connectivity index (χ1v) is 8.17. The van der Waals surface area contributed by atoms with Crippen LogP contribution in [0.5, 0.6) is 0 Å². The van der Waals surface area contributed by atoms with E-state index in [-0.39, 0.29) is 30.4 Å². The molecule has 5 nitrogen and oxygen atoms in total. The second-order valence-corrected chi connectivity index (χ2v) is 6.07. The lowest BCUT2D eigenvalue weighted by Crippen LogP contribution is -2.24. The SMILES string of the molecule is Cl.Cl.O=c1ccccn1-c1ccc2c(cnn2CCN2CCCC2)c1. The Hall–Kier alpha value is -1.82. The lowest BCUT2D eigenvalue weighted by atomic mass is 10.2. The van der Waals surface area contributed by atoms with E-state index in [1.54, 1.807) is 22.9 Å². The van der Waals surface area contributed by atoms with Crippen LogP contribution in [0.15, 0.2) is 53.6 Å². The molecule has 134 valence electrons. The third kappa shape index (κ3) is 4.06. The summed E-state index contributed by atoms with van der Waals surface area (Å²) < 4.78 is 3.71. The largest absolute Gasteiger partial charge is 0.301 e. The summed E-state index contributed by atoms with van der Waals surface area (Å²) >= 11 is 0. The van der Waals surface area contributed by atoms with Gasteiger partial charge in [0.1, 0.15) is 0 Å². The zero-order chi connectivity index (χ0) is 15.6. The Bertz CT molecular complexity index is 884. The third-order valence-corrected chi connectivity index (χ3v) is 4.55. The Balaban J connectivity index is 0.00000113. The number of pyridine rings is 1. The fourth-order valence-corrected chi connectivity index (χ4v) is 3.29. The second kappa shape index (κ2) is 8.52. The van der Waals surface area contributed by atoms with Gasteiger partial charge in [-0.15, -0.1) is 24.8 Å². The van der Waals surface area contributed by atoms with Crippen molar-refractivity contribution >= 4 is 35.7 Å². The fraction of sp³-hybridized carbons (Fsp3) is 0.333. The Morgan fingerprint density at radius 3 is 2.56 bits per heavy atom. The first-order chi connectivity index (χ1) is 11.3. The maximum Gasteiger partial charge on any atom is 0.255 e. The number of hydrogen-bond donors (Lipinski definition) is 0. The fourth-order valence-electron chi connectivity index (χ4n) is 3.29. The van der Waals surface area contributed by atoms with E-state index in [0.29, 0.717) is 0 Å². The zero-order valence-electron chi connectivity index (χ0n) is 13.9. The average Bonchev–Trinajstić information content (AvgIpc) is 3.22. The van der Waals surface area contributed by atoms with Crippen molar-refractivity contribution in [2.75, 3.05) is 19.6 Å². The summed E-state index contributed by atoms with van der Waals surface area (Å²) in [4.78, 5) is 14.4. The van der Waals surface area contributed by atoms with Gasteiger partial charge in [-0.1, -0.05) is 6.07 Å². The van der Waals surface area contributed by atoms with Gasteiger partial charge in [-0.2, -0.15) is 5.10 Å². The molecular formula is C18H22Cl2N4O. The number of rotatable bonds is 4. The van der Waals surface area contributed by atoms with Crippen molar-refractivity contribution < 1.29 is 0 Å². The van der Waals surface area contributed by atoms with Gasteiger partial charge in [0, 0.05) is 29.9 Å². The Morgan fingerprint density at radius 1 is 1.00 bits per heavy atom. The molecule has 0 bridgehead atoms. The predicted molar refractivity (Wildman–Crippen MR) is 106 cm³/mol. The summed E-state index contributed by atoms with van der Waals surface area (Å²) in [6.45, 7) is 4.38. The minimum atomic E-state index is -0.0201.